The summed E-state index contributed by atoms with van der Waals surface area (Å²) in [7, 11) is 2.02. The summed E-state index contributed by atoms with van der Waals surface area (Å²) in [5, 5.41) is 6.47. The molecule has 0 aliphatic heterocycles. The molecular formula is C17H23N3O2. The number of carbonyl (C=O) groups is 1. The van der Waals surface area contributed by atoms with E-state index in [1.165, 1.54) is 11.1 Å². The Morgan fingerprint density at radius 3 is 2.55 bits per heavy atom. The third-order valence-electron chi connectivity index (χ3n) is 3.50. The molecule has 2 aromatic rings. The van der Waals surface area contributed by atoms with Gasteiger partial charge in [0.05, 0.1) is 0 Å². The maximum atomic E-state index is 11.8. The van der Waals surface area contributed by atoms with Crippen LogP contribution >= 0.6 is 0 Å². The summed E-state index contributed by atoms with van der Waals surface area (Å²) in [4.78, 5) is 14.0. The fraction of sp³-hybridized carbons (Fsp3) is 0.412. The molecule has 1 heterocycles. The van der Waals surface area contributed by atoms with Crippen LogP contribution in [-0.4, -0.2) is 29.6 Å². The highest BCUT2D eigenvalue weighted by molar-refractivity contribution is 5.89. The molecule has 0 saturated carbocycles. The summed E-state index contributed by atoms with van der Waals surface area (Å²) in [6, 6.07) is 10.3. The smallest absolute Gasteiger partial charge is 0.226 e. The molecule has 1 amide bonds. The second-order valence-corrected chi connectivity index (χ2v) is 5.53. The van der Waals surface area contributed by atoms with E-state index >= 15 is 0 Å². The third kappa shape index (κ3) is 5.00. The monoisotopic (exact) mass is 301 g/mol. The van der Waals surface area contributed by atoms with Gasteiger partial charge in [-0.3, -0.25) is 4.79 Å². The van der Waals surface area contributed by atoms with Crippen LogP contribution in [0.15, 0.2) is 34.9 Å². The Kier molecular flexibility index (Phi) is 5.72. The molecule has 1 aromatic carbocycles. The van der Waals surface area contributed by atoms with Crippen molar-refractivity contribution in [3.05, 3.63) is 47.2 Å². The second kappa shape index (κ2) is 7.75. The van der Waals surface area contributed by atoms with Gasteiger partial charge in [-0.1, -0.05) is 36.3 Å². The average Bonchev–Trinajstić information content (AvgIpc) is 2.91. The Balaban J connectivity index is 1.74. The first-order valence-corrected chi connectivity index (χ1v) is 7.56. The van der Waals surface area contributed by atoms with Gasteiger partial charge < -0.3 is 14.7 Å². The number of aryl methyl sites for hydroxylation is 2. The van der Waals surface area contributed by atoms with Gasteiger partial charge in [0.25, 0.3) is 0 Å². The quantitative estimate of drug-likeness (QED) is 0.854. The van der Waals surface area contributed by atoms with E-state index in [4.69, 9.17) is 4.52 Å². The number of rotatable bonds is 7. The Morgan fingerprint density at radius 2 is 1.95 bits per heavy atom. The number of nitrogens with one attached hydrogen (secondary N) is 1. The molecule has 1 aromatic heterocycles. The minimum atomic E-state index is -0.0542. The van der Waals surface area contributed by atoms with Gasteiger partial charge in [-0.25, -0.2) is 0 Å². The number of nitrogens with zero attached hydrogens (tertiary/aromatic N) is 2. The highest BCUT2D eigenvalue weighted by Gasteiger charge is 2.08. The lowest BCUT2D eigenvalue weighted by Gasteiger charge is -2.16. The van der Waals surface area contributed by atoms with E-state index in [0.717, 1.165) is 13.0 Å². The Bertz CT molecular complexity index is 605. The van der Waals surface area contributed by atoms with Gasteiger partial charge >= 0.3 is 0 Å². The highest BCUT2D eigenvalue weighted by atomic mass is 16.5. The Labute approximate surface area is 131 Å². The van der Waals surface area contributed by atoms with E-state index in [1.807, 2.05) is 7.05 Å². The van der Waals surface area contributed by atoms with E-state index in [9.17, 15) is 4.79 Å². The van der Waals surface area contributed by atoms with Crippen LogP contribution in [0.1, 0.15) is 30.2 Å². The van der Waals surface area contributed by atoms with Crippen molar-refractivity contribution in [2.45, 2.75) is 33.2 Å². The van der Waals surface area contributed by atoms with E-state index in [0.29, 0.717) is 24.5 Å². The predicted octanol–water partition coefficient (Wildman–Crippen LogP) is 3.01. The van der Waals surface area contributed by atoms with Crippen LogP contribution in [0.3, 0.4) is 0 Å². The first-order valence-electron chi connectivity index (χ1n) is 7.56. The molecule has 0 fully saturated rings. The minimum absolute atomic E-state index is 0.0542. The fourth-order valence-corrected chi connectivity index (χ4v) is 2.19. The van der Waals surface area contributed by atoms with Gasteiger partial charge in [-0.2, -0.15) is 0 Å². The zero-order chi connectivity index (χ0) is 15.9. The Hall–Kier alpha value is -2.14. The lowest BCUT2D eigenvalue weighted by molar-refractivity contribution is -0.116. The maximum Gasteiger partial charge on any atom is 0.226 e. The van der Waals surface area contributed by atoms with Crippen LogP contribution in [0.4, 0.5) is 5.82 Å². The highest BCUT2D eigenvalue weighted by Crippen LogP contribution is 2.09. The van der Waals surface area contributed by atoms with Crippen molar-refractivity contribution in [2.75, 3.05) is 18.9 Å². The molecule has 0 unspecified atom stereocenters. The van der Waals surface area contributed by atoms with E-state index < -0.39 is 0 Å². The first-order chi connectivity index (χ1) is 10.6. The summed E-state index contributed by atoms with van der Waals surface area (Å²) in [5.74, 6) is 1.10. The number of aromatic nitrogens is 1. The largest absolute Gasteiger partial charge is 0.360 e. The molecule has 1 N–H and O–H groups in total. The molecule has 0 spiro atoms. The lowest BCUT2D eigenvalue weighted by Crippen LogP contribution is -2.24. The number of carbonyl (C=O) groups excluding carboxylic acids is 1. The lowest BCUT2D eigenvalue weighted by atomic mass is 10.1. The van der Waals surface area contributed by atoms with Crippen LogP contribution in [0.2, 0.25) is 0 Å². The predicted molar refractivity (Wildman–Crippen MR) is 86.6 cm³/mol. The van der Waals surface area contributed by atoms with Crippen molar-refractivity contribution < 1.29 is 9.32 Å². The van der Waals surface area contributed by atoms with Gasteiger partial charge in [-0.15, -0.1) is 0 Å². The SMILES string of the molecule is CCc1ccc(CN(C)CCC(=O)Nc2cc(C)on2)cc1. The van der Waals surface area contributed by atoms with Crippen molar-refractivity contribution in [2.24, 2.45) is 0 Å². The number of hydrogen-bond acceptors (Lipinski definition) is 4. The molecule has 0 aliphatic rings. The van der Waals surface area contributed by atoms with Crippen LogP contribution < -0.4 is 5.32 Å². The zero-order valence-electron chi connectivity index (χ0n) is 13.4. The maximum absolute atomic E-state index is 11.8. The molecule has 0 radical (unpaired) electrons. The van der Waals surface area contributed by atoms with Crippen LogP contribution in [-0.2, 0) is 17.8 Å². The van der Waals surface area contributed by atoms with Crippen molar-refractivity contribution in [3.63, 3.8) is 0 Å². The van der Waals surface area contributed by atoms with E-state index in [1.54, 1.807) is 13.0 Å². The summed E-state index contributed by atoms with van der Waals surface area (Å²) in [5.41, 5.74) is 2.60. The fourth-order valence-electron chi connectivity index (χ4n) is 2.19. The molecule has 0 bridgehead atoms. The van der Waals surface area contributed by atoms with E-state index in [-0.39, 0.29) is 5.91 Å². The van der Waals surface area contributed by atoms with Crippen LogP contribution in [0.5, 0.6) is 0 Å². The van der Waals surface area contributed by atoms with Crippen LogP contribution in [0, 0.1) is 6.92 Å². The minimum Gasteiger partial charge on any atom is -0.360 e. The first kappa shape index (κ1) is 16.2. The van der Waals surface area contributed by atoms with Crippen molar-refractivity contribution in [1.82, 2.24) is 10.1 Å². The van der Waals surface area contributed by atoms with Gasteiger partial charge in [0.2, 0.25) is 5.91 Å². The molecule has 2 rings (SSSR count). The number of anilines is 1. The summed E-state index contributed by atoms with van der Waals surface area (Å²) < 4.78 is 4.91. The molecule has 22 heavy (non-hydrogen) atoms. The summed E-state index contributed by atoms with van der Waals surface area (Å²) in [6.07, 6.45) is 1.48. The van der Waals surface area contributed by atoms with Gasteiger partial charge in [0.1, 0.15) is 5.76 Å². The molecule has 0 aliphatic carbocycles. The normalized spacial score (nSPS) is 10.9. The van der Waals surface area contributed by atoms with Gasteiger partial charge in [0.15, 0.2) is 5.82 Å². The average molecular weight is 301 g/mol. The molecule has 5 nitrogen and oxygen atoms in total. The number of benzene rings is 1. The summed E-state index contributed by atoms with van der Waals surface area (Å²) in [6.45, 7) is 5.47. The molecule has 5 heteroatoms. The number of hydrogen-bond donors (Lipinski definition) is 1. The third-order valence-corrected chi connectivity index (χ3v) is 3.50. The van der Waals surface area contributed by atoms with Gasteiger partial charge in [-0.05, 0) is 31.5 Å². The molecule has 118 valence electrons. The summed E-state index contributed by atoms with van der Waals surface area (Å²) >= 11 is 0. The van der Waals surface area contributed by atoms with Crippen LogP contribution in [0.25, 0.3) is 0 Å². The van der Waals surface area contributed by atoms with Crippen molar-refractivity contribution in [1.29, 1.82) is 0 Å². The van der Waals surface area contributed by atoms with Crippen molar-refractivity contribution >= 4 is 11.7 Å². The Morgan fingerprint density at radius 1 is 1.27 bits per heavy atom. The van der Waals surface area contributed by atoms with E-state index in [2.05, 4.69) is 46.6 Å². The zero-order valence-corrected chi connectivity index (χ0v) is 13.4. The van der Waals surface area contributed by atoms with Crippen molar-refractivity contribution in [3.8, 4) is 0 Å². The molecule has 0 atom stereocenters. The second-order valence-electron chi connectivity index (χ2n) is 5.53. The number of amides is 1. The molecule has 0 saturated heterocycles. The molecular weight excluding hydrogens is 278 g/mol. The van der Waals surface area contributed by atoms with Gasteiger partial charge in [0, 0.05) is 25.6 Å². The standard InChI is InChI=1S/C17H23N3O2/c1-4-14-5-7-15(8-6-14)12-20(3)10-9-17(21)18-16-11-13(2)22-19-16/h5-8,11H,4,9-10,12H2,1-3H3,(H,18,19,21). The topological polar surface area (TPSA) is 58.4 Å².